The molecule has 0 unspecified atom stereocenters. The normalized spacial score (nSPS) is 13.2. The summed E-state index contributed by atoms with van der Waals surface area (Å²) in [4.78, 5) is 14.7. The number of rotatable bonds is 4. The minimum absolute atomic E-state index is 0.0745. The Bertz CT molecular complexity index is 1230. The van der Waals surface area contributed by atoms with Crippen LogP contribution in [-0.4, -0.2) is 27.9 Å². The molecule has 0 atom stereocenters. The van der Waals surface area contributed by atoms with E-state index in [1.807, 2.05) is 24.3 Å². The molecule has 0 radical (unpaired) electrons. The molecule has 1 heterocycles. The van der Waals surface area contributed by atoms with Crippen LogP contribution in [0.1, 0.15) is 15.9 Å². The van der Waals surface area contributed by atoms with Crippen molar-refractivity contribution >= 4 is 38.9 Å². The number of nitrogens with zero attached hydrogens (tertiary/aromatic N) is 2. The molecule has 0 saturated carbocycles. The molecule has 30 heavy (non-hydrogen) atoms. The van der Waals surface area contributed by atoms with Crippen molar-refractivity contribution in [3.63, 3.8) is 0 Å². The van der Waals surface area contributed by atoms with E-state index in [1.54, 1.807) is 4.90 Å². The van der Waals surface area contributed by atoms with E-state index in [4.69, 9.17) is 11.6 Å². The van der Waals surface area contributed by atoms with Gasteiger partial charge in [0, 0.05) is 19.3 Å². The first kappa shape index (κ1) is 20.4. The van der Waals surface area contributed by atoms with Crippen LogP contribution in [-0.2, 0) is 16.4 Å². The number of hydrogen-bond acceptors (Lipinski definition) is 3. The van der Waals surface area contributed by atoms with Gasteiger partial charge in [-0.3, -0.25) is 9.10 Å². The highest BCUT2D eigenvalue weighted by Gasteiger charge is 2.29. The first-order chi connectivity index (χ1) is 14.3. The Morgan fingerprint density at radius 1 is 1.07 bits per heavy atom. The lowest BCUT2D eigenvalue weighted by Crippen LogP contribution is -2.30. The lowest BCUT2D eigenvalue weighted by Gasteiger charge is -2.21. The molecular formula is C22H18ClFN2O3S. The largest absolute Gasteiger partial charge is 0.308 e. The quantitative estimate of drug-likeness (QED) is 0.595. The molecule has 1 amide bonds. The third-order valence-electron chi connectivity index (χ3n) is 5.15. The number of halogens is 2. The van der Waals surface area contributed by atoms with Crippen LogP contribution in [0.15, 0.2) is 71.6 Å². The van der Waals surface area contributed by atoms with Gasteiger partial charge < -0.3 is 4.90 Å². The summed E-state index contributed by atoms with van der Waals surface area (Å²) >= 11 is 6.26. The molecule has 1 aliphatic rings. The van der Waals surface area contributed by atoms with Crippen molar-refractivity contribution in [3.8, 4) is 0 Å². The average Bonchev–Trinajstić information content (AvgIpc) is 3.17. The Hall–Kier alpha value is -2.90. The second kappa shape index (κ2) is 7.74. The Labute approximate surface area is 179 Å². The molecule has 3 aromatic rings. The molecule has 1 aliphatic heterocycles. The number of benzene rings is 3. The maximum Gasteiger partial charge on any atom is 0.264 e. The predicted octanol–water partition coefficient (Wildman–Crippen LogP) is 4.51. The summed E-state index contributed by atoms with van der Waals surface area (Å²) in [6.45, 7) is 0.501. The molecular weight excluding hydrogens is 427 g/mol. The Kier molecular flexibility index (Phi) is 5.26. The summed E-state index contributed by atoms with van der Waals surface area (Å²) in [5.74, 6) is -0.818. The standard InChI is InChI=1S/C22H18ClFN2O3S/c1-25(17-8-6-16(24)7-9-17)30(28,29)18-10-11-20(23)19(14-18)22(27)26-13-12-15-4-2-3-5-21(15)26/h2-11,14H,12-13H2,1H3. The monoisotopic (exact) mass is 444 g/mol. The minimum atomic E-state index is -3.98. The maximum atomic E-state index is 13.2. The SMILES string of the molecule is CN(c1ccc(F)cc1)S(=O)(=O)c1ccc(Cl)c(C(=O)N2CCc3ccccc32)c1. The van der Waals surface area contributed by atoms with E-state index in [9.17, 15) is 17.6 Å². The van der Waals surface area contributed by atoms with Gasteiger partial charge in [0.2, 0.25) is 0 Å². The van der Waals surface area contributed by atoms with Crippen molar-refractivity contribution in [2.75, 3.05) is 22.8 Å². The van der Waals surface area contributed by atoms with Gasteiger partial charge in [0.25, 0.3) is 15.9 Å². The van der Waals surface area contributed by atoms with E-state index in [1.165, 1.54) is 49.5 Å². The van der Waals surface area contributed by atoms with E-state index >= 15 is 0 Å². The van der Waals surface area contributed by atoms with E-state index < -0.39 is 15.8 Å². The summed E-state index contributed by atoms with van der Waals surface area (Å²) in [5, 5.41) is 0.174. The lowest BCUT2D eigenvalue weighted by molar-refractivity contribution is 0.0989. The minimum Gasteiger partial charge on any atom is -0.308 e. The molecule has 0 aromatic heterocycles. The van der Waals surface area contributed by atoms with E-state index in [-0.39, 0.29) is 21.4 Å². The number of carbonyl (C=O) groups is 1. The number of carbonyl (C=O) groups excluding carboxylic acids is 1. The summed E-state index contributed by atoms with van der Waals surface area (Å²) < 4.78 is 40.4. The van der Waals surface area contributed by atoms with Gasteiger partial charge in [-0.1, -0.05) is 29.8 Å². The molecule has 0 spiro atoms. The second-order valence-corrected chi connectivity index (χ2v) is 9.30. The van der Waals surface area contributed by atoms with Gasteiger partial charge in [0.15, 0.2) is 0 Å². The number of hydrogen-bond donors (Lipinski definition) is 0. The molecule has 3 aromatic carbocycles. The van der Waals surface area contributed by atoms with Crippen LogP contribution in [0.4, 0.5) is 15.8 Å². The first-order valence-corrected chi connectivity index (χ1v) is 11.0. The van der Waals surface area contributed by atoms with Gasteiger partial charge >= 0.3 is 0 Å². The highest BCUT2D eigenvalue weighted by atomic mass is 35.5. The van der Waals surface area contributed by atoms with Crippen LogP contribution in [0.5, 0.6) is 0 Å². The van der Waals surface area contributed by atoms with Gasteiger partial charge in [0.1, 0.15) is 5.82 Å². The fraction of sp³-hybridized carbons (Fsp3) is 0.136. The molecule has 0 N–H and O–H groups in total. The Morgan fingerprint density at radius 2 is 1.77 bits per heavy atom. The molecule has 0 saturated heterocycles. The third-order valence-corrected chi connectivity index (χ3v) is 7.26. The molecule has 5 nitrogen and oxygen atoms in total. The highest BCUT2D eigenvalue weighted by Crippen LogP contribution is 2.32. The van der Waals surface area contributed by atoms with E-state index in [0.717, 1.165) is 22.0 Å². The van der Waals surface area contributed by atoms with Crippen molar-refractivity contribution < 1.29 is 17.6 Å². The summed E-state index contributed by atoms with van der Waals surface area (Å²) in [6, 6.07) is 16.7. The fourth-order valence-corrected chi connectivity index (χ4v) is 4.89. The fourth-order valence-electron chi connectivity index (χ4n) is 3.47. The first-order valence-electron chi connectivity index (χ1n) is 9.23. The van der Waals surface area contributed by atoms with Crippen LogP contribution in [0.3, 0.4) is 0 Å². The van der Waals surface area contributed by atoms with Crippen molar-refractivity contribution in [1.82, 2.24) is 0 Å². The van der Waals surface area contributed by atoms with Crippen LogP contribution in [0.25, 0.3) is 0 Å². The average molecular weight is 445 g/mol. The molecule has 8 heteroatoms. The van der Waals surface area contributed by atoms with E-state index in [0.29, 0.717) is 12.2 Å². The highest BCUT2D eigenvalue weighted by molar-refractivity contribution is 7.92. The lowest BCUT2D eigenvalue weighted by atomic mass is 10.1. The van der Waals surface area contributed by atoms with Crippen LogP contribution >= 0.6 is 11.6 Å². The Morgan fingerprint density at radius 3 is 2.50 bits per heavy atom. The van der Waals surface area contributed by atoms with E-state index in [2.05, 4.69) is 0 Å². The predicted molar refractivity (Wildman–Crippen MR) is 115 cm³/mol. The second-order valence-electron chi connectivity index (χ2n) is 6.93. The van der Waals surface area contributed by atoms with Crippen molar-refractivity contribution in [2.45, 2.75) is 11.3 Å². The summed E-state index contributed by atoms with van der Waals surface area (Å²) in [7, 11) is -2.61. The summed E-state index contributed by atoms with van der Waals surface area (Å²) in [6.07, 6.45) is 0.727. The van der Waals surface area contributed by atoms with Gasteiger partial charge in [0.05, 0.1) is 21.2 Å². The Balaban J connectivity index is 1.70. The molecule has 154 valence electrons. The smallest absolute Gasteiger partial charge is 0.264 e. The van der Waals surface area contributed by atoms with Crippen LogP contribution < -0.4 is 9.21 Å². The maximum absolute atomic E-state index is 13.2. The number of fused-ring (bicyclic) bond motifs is 1. The number of para-hydroxylation sites is 1. The summed E-state index contributed by atoms with van der Waals surface area (Å²) in [5.41, 5.74) is 2.27. The zero-order chi connectivity index (χ0) is 21.5. The number of anilines is 2. The zero-order valence-corrected chi connectivity index (χ0v) is 17.6. The van der Waals surface area contributed by atoms with Gasteiger partial charge in [-0.2, -0.15) is 0 Å². The van der Waals surface area contributed by atoms with Crippen molar-refractivity contribution in [3.05, 3.63) is 88.7 Å². The van der Waals surface area contributed by atoms with Crippen LogP contribution in [0, 0.1) is 5.82 Å². The number of amides is 1. The molecule has 0 fully saturated rings. The van der Waals surface area contributed by atoms with Gasteiger partial charge in [-0.15, -0.1) is 0 Å². The molecule has 4 rings (SSSR count). The number of sulfonamides is 1. The molecule has 0 bridgehead atoms. The topological polar surface area (TPSA) is 57.7 Å². The van der Waals surface area contributed by atoms with Gasteiger partial charge in [-0.25, -0.2) is 12.8 Å². The van der Waals surface area contributed by atoms with Crippen molar-refractivity contribution in [2.24, 2.45) is 0 Å². The third kappa shape index (κ3) is 3.55. The zero-order valence-electron chi connectivity index (χ0n) is 16.0. The molecule has 0 aliphatic carbocycles. The van der Waals surface area contributed by atoms with Crippen LogP contribution in [0.2, 0.25) is 5.02 Å². The van der Waals surface area contributed by atoms with Gasteiger partial charge in [-0.05, 0) is 60.5 Å². The van der Waals surface area contributed by atoms with Crippen molar-refractivity contribution in [1.29, 1.82) is 0 Å².